The van der Waals surface area contributed by atoms with Gasteiger partial charge in [0.1, 0.15) is 5.82 Å². The molecule has 0 radical (unpaired) electrons. The second-order valence-electron chi connectivity index (χ2n) is 4.17. The van der Waals surface area contributed by atoms with Crippen LogP contribution in [0.4, 0.5) is 4.39 Å². The van der Waals surface area contributed by atoms with Crippen molar-refractivity contribution in [2.24, 2.45) is 5.73 Å². The number of carbonyl (C=O) groups excluding carboxylic acids is 2. The van der Waals surface area contributed by atoms with Crippen LogP contribution in [-0.2, 0) is 11.3 Å². The number of halogens is 1. The number of rotatable bonds is 6. The molecule has 0 aliphatic heterocycles. The smallest absolute Gasteiger partial charge is 0.248 e. The lowest BCUT2D eigenvalue weighted by atomic mass is 10.1. The lowest BCUT2D eigenvalue weighted by molar-refractivity contribution is -0.122. The highest BCUT2D eigenvalue weighted by Gasteiger charge is 2.13. The van der Waals surface area contributed by atoms with E-state index < -0.39 is 17.8 Å². The lowest BCUT2D eigenvalue weighted by Crippen LogP contribution is -2.41. The molecule has 0 spiro atoms. The number of carbonyl (C=O) groups is 2. The van der Waals surface area contributed by atoms with Crippen molar-refractivity contribution in [2.75, 3.05) is 6.54 Å². The van der Waals surface area contributed by atoms with Gasteiger partial charge in [-0.05, 0) is 32.0 Å². The molecule has 0 aromatic heterocycles. The van der Waals surface area contributed by atoms with E-state index in [1.165, 1.54) is 18.2 Å². The SMILES string of the molecule is CCNC(=O)C(C)NCc1cc(C(N)=O)ccc1F. The Balaban J connectivity index is 2.69. The molecule has 0 heterocycles. The first-order valence-electron chi connectivity index (χ1n) is 6.05. The zero-order chi connectivity index (χ0) is 14.4. The summed E-state index contributed by atoms with van der Waals surface area (Å²) in [5.41, 5.74) is 5.67. The second kappa shape index (κ2) is 6.84. The minimum Gasteiger partial charge on any atom is -0.366 e. The predicted octanol–water partition coefficient (Wildman–Crippen LogP) is 0.539. The van der Waals surface area contributed by atoms with Gasteiger partial charge < -0.3 is 16.4 Å². The molecular weight excluding hydrogens is 249 g/mol. The average Bonchev–Trinajstić information content (AvgIpc) is 2.37. The molecule has 2 amide bonds. The third kappa shape index (κ3) is 4.33. The second-order valence-corrected chi connectivity index (χ2v) is 4.17. The molecule has 1 aromatic rings. The Kier molecular flexibility index (Phi) is 5.44. The van der Waals surface area contributed by atoms with Crippen molar-refractivity contribution < 1.29 is 14.0 Å². The third-order valence-electron chi connectivity index (χ3n) is 2.67. The van der Waals surface area contributed by atoms with E-state index in [2.05, 4.69) is 10.6 Å². The molecule has 1 atom stereocenters. The largest absolute Gasteiger partial charge is 0.366 e. The number of amides is 2. The molecule has 104 valence electrons. The summed E-state index contributed by atoms with van der Waals surface area (Å²) in [6.07, 6.45) is 0. The van der Waals surface area contributed by atoms with Gasteiger partial charge in [-0.1, -0.05) is 0 Å². The molecule has 1 rings (SSSR count). The molecule has 0 saturated carbocycles. The Morgan fingerprint density at radius 1 is 1.42 bits per heavy atom. The maximum Gasteiger partial charge on any atom is 0.248 e. The van der Waals surface area contributed by atoms with Gasteiger partial charge in [-0.3, -0.25) is 9.59 Å². The van der Waals surface area contributed by atoms with Gasteiger partial charge in [-0.25, -0.2) is 4.39 Å². The van der Waals surface area contributed by atoms with Gasteiger partial charge in [-0.15, -0.1) is 0 Å². The molecule has 0 aliphatic carbocycles. The van der Waals surface area contributed by atoms with E-state index in [4.69, 9.17) is 5.73 Å². The molecule has 0 saturated heterocycles. The van der Waals surface area contributed by atoms with Crippen molar-refractivity contribution in [2.45, 2.75) is 26.4 Å². The van der Waals surface area contributed by atoms with Crippen LogP contribution in [0.25, 0.3) is 0 Å². The fourth-order valence-electron chi connectivity index (χ4n) is 1.55. The van der Waals surface area contributed by atoms with E-state index in [1.807, 2.05) is 6.92 Å². The van der Waals surface area contributed by atoms with Gasteiger partial charge in [0.25, 0.3) is 0 Å². The van der Waals surface area contributed by atoms with Gasteiger partial charge in [-0.2, -0.15) is 0 Å². The summed E-state index contributed by atoms with van der Waals surface area (Å²) in [7, 11) is 0. The monoisotopic (exact) mass is 267 g/mol. The quantitative estimate of drug-likeness (QED) is 0.703. The first-order valence-corrected chi connectivity index (χ1v) is 6.05. The number of nitrogens with one attached hydrogen (secondary N) is 2. The first-order chi connectivity index (χ1) is 8.95. The summed E-state index contributed by atoms with van der Waals surface area (Å²) in [6.45, 7) is 4.18. The van der Waals surface area contributed by atoms with Crippen molar-refractivity contribution in [1.82, 2.24) is 10.6 Å². The molecule has 19 heavy (non-hydrogen) atoms. The number of hydrogen-bond donors (Lipinski definition) is 3. The summed E-state index contributed by atoms with van der Waals surface area (Å²) >= 11 is 0. The standard InChI is InChI=1S/C13H18FN3O2/c1-3-16-13(19)8(2)17-7-10-6-9(12(15)18)4-5-11(10)14/h4-6,8,17H,3,7H2,1-2H3,(H2,15,18)(H,16,19). The predicted molar refractivity (Wildman–Crippen MR) is 69.9 cm³/mol. The normalized spacial score (nSPS) is 11.9. The van der Waals surface area contributed by atoms with Crippen LogP contribution in [0, 0.1) is 5.82 Å². The zero-order valence-electron chi connectivity index (χ0n) is 11.0. The van der Waals surface area contributed by atoms with E-state index in [0.29, 0.717) is 12.1 Å². The summed E-state index contributed by atoms with van der Waals surface area (Å²) in [5, 5.41) is 5.54. The third-order valence-corrected chi connectivity index (χ3v) is 2.67. The maximum atomic E-state index is 13.5. The first kappa shape index (κ1) is 15.1. The minimum atomic E-state index is -0.613. The van der Waals surface area contributed by atoms with Gasteiger partial charge in [0.15, 0.2) is 0 Å². The van der Waals surface area contributed by atoms with Crippen LogP contribution in [0.2, 0.25) is 0 Å². The molecule has 0 bridgehead atoms. The Bertz CT molecular complexity index is 477. The van der Waals surface area contributed by atoms with Gasteiger partial charge in [0.05, 0.1) is 6.04 Å². The van der Waals surface area contributed by atoms with E-state index in [1.54, 1.807) is 6.92 Å². The Labute approximate surface area is 111 Å². The molecule has 4 N–H and O–H groups in total. The summed E-state index contributed by atoms with van der Waals surface area (Å²) in [5.74, 6) is -1.22. The van der Waals surface area contributed by atoms with Crippen molar-refractivity contribution in [1.29, 1.82) is 0 Å². The summed E-state index contributed by atoms with van der Waals surface area (Å²) in [6, 6.07) is 3.45. The highest BCUT2D eigenvalue weighted by atomic mass is 19.1. The Morgan fingerprint density at radius 2 is 2.11 bits per heavy atom. The zero-order valence-corrected chi connectivity index (χ0v) is 11.0. The van der Waals surface area contributed by atoms with Crippen LogP contribution in [0.5, 0.6) is 0 Å². The number of nitrogens with two attached hydrogens (primary N) is 1. The fourth-order valence-corrected chi connectivity index (χ4v) is 1.55. The Hall–Kier alpha value is -1.95. The Morgan fingerprint density at radius 3 is 2.68 bits per heavy atom. The fraction of sp³-hybridized carbons (Fsp3) is 0.385. The number of benzene rings is 1. The van der Waals surface area contributed by atoms with Crippen LogP contribution in [0.15, 0.2) is 18.2 Å². The van der Waals surface area contributed by atoms with E-state index in [-0.39, 0.29) is 18.0 Å². The molecule has 0 fully saturated rings. The highest BCUT2D eigenvalue weighted by Crippen LogP contribution is 2.10. The topological polar surface area (TPSA) is 84.2 Å². The minimum absolute atomic E-state index is 0.144. The molecule has 6 heteroatoms. The number of hydrogen-bond acceptors (Lipinski definition) is 3. The van der Waals surface area contributed by atoms with E-state index in [9.17, 15) is 14.0 Å². The molecule has 1 unspecified atom stereocenters. The van der Waals surface area contributed by atoms with E-state index >= 15 is 0 Å². The van der Waals surface area contributed by atoms with Crippen molar-refractivity contribution in [3.05, 3.63) is 35.1 Å². The molecule has 5 nitrogen and oxygen atoms in total. The van der Waals surface area contributed by atoms with Crippen LogP contribution >= 0.6 is 0 Å². The number of primary amides is 1. The van der Waals surface area contributed by atoms with Crippen LogP contribution in [0.1, 0.15) is 29.8 Å². The van der Waals surface area contributed by atoms with Gasteiger partial charge in [0, 0.05) is 24.2 Å². The van der Waals surface area contributed by atoms with Crippen LogP contribution in [0.3, 0.4) is 0 Å². The molecule has 1 aromatic carbocycles. The van der Waals surface area contributed by atoms with Crippen LogP contribution in [-0.4, -0.2) is 24.4 Å². The van der Waals surface area contributed by atoms with Gasteiger partial charge in [0.2, 0.25) is 11.8 Å². The van der Waals surface area contributed by atoms with Crippen molar-refractivity contribution in [3.8, 4) is 0 Å². The lowest BCUT2D eigenvalue weighted by Gasteiger charge is -2.14. The average molecular weight is 267 g/mol. The van der Waals surface area contributed by atoms with Crippen molar-refractivity contribution >= 4 is 11.8 Å². The summed E-state index contributed by atoms with van der Waals surface area (Å²) < 4.78 is 13.5. The van der Waals surface area contributed by atoms with Gasteiger partial charge >= 0.3 is 0 Å². The van der Waals surface area contributed by atoms with Crippen molar-refractivity contribution in [3.63, 3.8) is 0 Å². The number of likely N-dealkylation sites (N-methyl/N-ethyl adjacent to an activating group) is 1. The van der Waals surface area contributed by atoms with Crippen LogP contribution < -0.4 is 16.4 Å². The maximum absolute atomic E-state index is 13.5. The molecule has 0 aliphatic rings. The summed E-state index contributed by atoms with van der Waals surface area (Å²) in [4.78, 5) is 22.5. The highest BCUT2D eigenvalue weighted by molar-refractivity contribution is 5.92. The van der Waals surface area contributed by atoms with E-state index in [0.717, 1.165) is 0 Å². The molecular formula is C13H18FN3O2.